The van der Waals surface area contributed by atoms with Crippen molar-refractivity contribution in [2.24, 2.45) is 0 Å². The Morgan fingerprint density at radius 3 is 2.32 bits per heavy atom. The van der Waals surface area contributed by atoms with E-state index in [-0.39, 0.29) is 11.0 Å². The summed E-state index contributed by atoms with van der Waals surface area (Å²) in [4.78, 5) is 11.6. The number of methoxy groups -OCH3 is 2. The zero-order valence-corrected chi connectivity index (χ0v) is 16.9. The Balaban J connectivity index is 2.22. The van der Waals surface area contributed by atoms with Gasteiger partial charge in [0.05, 0.1) is 14.2 Å². The maximum absolute atomic E-state index is 11.6. The van der Waals surface area contributed by atoms with Crippen molar-refractivity contribution in [3.05, 3.63) is 64.7 Å². The Bertz CT molecular complexity index is 900. The van der Waals surface area contributed by atoms with Gasteiger partial charge in [-0.05, 0) is 46.9 Å². The lowest BCUT2D eigenvalue weighted by Crippen LogP contribution is -2.10. The van der Waals surface area contributed by atoms with Crippen molar-refractivity contribution in [3.63, 3.8) is 0 Å². The average Bonchev–Trinajstić information content (AvgIpc) is 2.69. The monoisotopic (exact) mass is 379 g/mol. The molecule has 0 N–H and O–H groups in total. The molecule has 2 rings (SSSR count). The van der Waals surface area contributed by atoms with Crippen LogP contribution in [0.4, 0.5) is 0 Å². The van der Waals surface area contributed by atoms with Crippen LogP contribution in [0.3, 0.4) is 0 Å². The minimum atomic E-state index is -0.671. The molecule has 2 aromatic carbocycles. The summed E-state index contributed by atoms with van der Waals surface area (Å²) in [6, 6.07) is 15.2. The third kappa shape index (κ3) is 5.37. The predicted octanol–water partition coefficient (Wildman–Crippen LogP) is 4.65. The van der Waals surface area contributed by atoms with Gasteiger partial charge in [0.15, 0.2) is 0 Å². The molecule has 5 nitrogen and oxygen atoms in total. The van der Waals surface area contributed by atoms with E-state index < -0.39 is 5.97 Å². The number of benzene rings is 2. The number of rotatable bonds is 6. The number of ether oxygens (including phenoxy) is 3. The van der Waals surface area contributed by atoms with Gasteiger partial charge in [-0.15, -0.1) is 0 Å². The van der Waals surface area contributed by atoms with Gasteiger partial charge in [-0.2, -0.15) is 5.26 Å². The largest absolute Gasteiger partial charge is 0.496 e. The molecule has 146 valence electrons. The van der Waals surface area contributed by atoms with E-state index >= 15 is 0 Å². The Labute approximate surface area is 166 Å². The summed E-state index contributed by atoms with van der Waals surface area (Å²) >= 11 is 0. The molecule has 2 aromatic rings. The second kappa shape index (κ2) is 9.09. The van der Waals surface area contributed by atoms with E-state index in [9.17, 15) is 4.79 Å². The lowest BCUT2D eigenvalue weighted by Gasteiger charge is -2.19. The summed E-state index contributed by atoms with van der Waals surface area (Å²) in [6.45, 7) is 6.78. The first kappa shape index (κ1) is 21.0. The topological polar surface area (TPSA) is 68.6 Å². The number of carbonyl (C=O) groups is 1. The normalized spacial score (nSPS) is 11.5. The second-order valence-electron chi connectivity index (χ2n) is 7.30. The summed E-state index contributed by atoms with van der Waals surface area (Å²) in [5, 5.41) is 9.12. The molecule has 0 spiro atoms. The molecule has 0 aromatic heterocycles. The van der Waals surface area contributed by atoms with E-state index in [1.54, 1.807) is 19.2 Å². The molecule has 0 aliphatic rings. The predicted molar refractivity (Wildman–Crippen MR) is 108 cm³/mol. The fourth-order valence-corrected chi connectivity index (χ4v) is 2.63. The summed E-state index contributed by atoms with van der Waals surface area (Å²) in [5.41, 5.74) is 2.73. The maximum atomic E-state index is 11.6. The van der Waals surface area contributed by atoms with E-state index in [1.807, 2.05) is 24.3 Å². The van der Waals surface area contributed by atoms with Crippen LogP contribution in [0.5, 0.6) is 11.5 Å². The first-order valence-electron chi connectivity index (χ1n) is 8.89. The molecule has 0 saturated heterocycles. The van der Waals surface area contributed by atoms with Gasteiger partial charge in [0.25, 0.3) is 0 Å². The highest BCUT2D eigenvalue weighted by molar-refractivity contribution is 5.97. The fraction of sp³-hybridized carbons (Fsp3) is 0.304. The van der Waals surface area contributed by atoms with Crippen LogP contribution in [0.15, 0.2) is 48.0 Å². The summed E-state index contributed by atoms with van der Waals surface area (Å²) in [6.07, 6.45) is 1.48. The first-order valence-corrected chi connectivity index (χ1v) is 8.89. The third-order valence-corrected chi connectivity index (χ3v) is 4.26. The molecule has 0 bridgehead atoms. The number of hydrogen-bond donors (Lipinski definition) is 0. The standard InChI is InChI=1S/C23H25NO4/c1-23(2,3)19-7-9-20(10-8-19)28-15-18-13-16(6-11-21(18)26-4)12-17(14-24)22(25)27-5/h6-13H,15H2,1-5H3. The van der Waals surface area contributed by atoms with E-state index in [1.165, 1.54) is 18.7 Å². The molecule has 28 heavy (non-hydrogen) atoms. The number of carbonyl (C=O) groups excluding carboxylic acids is 1. The van der Waals surface area contributed by atoms with Crippen molar-refractivity contribution < 1.29 is 19.0 Å². The fourth-order valence-electron chi connectivity index (χ4n) is 2.63. The van der Waals surface area contributed by atoms with Gasteiger partial charge in [-0.3, -0.25) is 0 Å². The molecule has 0 heterocycles. The molecule has 0 saturated carbocycles. The van der Waals surface area contributed by atoms with Gasteiger partial charge in [-0.25, -0.2) is 4.79 Å². The molecule has 0 amide bonds. The first-order chi connectivity index (χ1) is 13.3. The van der Waals surface area contributed by atoms with E-state index in [2.05, 4.69) is 37.6 Å². The van der Waals surface area contributed by atoms with Crippen LogP contribution >= 0.6 is 0 Å². The summed E-state index contributed by atoms with van der Waals surface area (Å²) in [7, 11) is 2.83. The van der Waals surface area contributed by atoms with Crippen molar-refractivity contribution in [1.82, 2.24) is 0 Å². The minimum absolute atomic E-state index is 0.0719. The summed E-state index contributed by atoms with van der Waals surface area (Å²) in [5.74, 6) is 0.748. The minimum Gasteiger partial charge on any atom is -0.496 e. The van der Waals surface area contributed by atoms with E-state index in [0.29, 0.717) is 17.9 Å². The quantitative estimate of drug-likeness (QED) is 0.415. The van der Waals surface area contributed by atoms with Crippen molar-refractivity contribution in [1.29, 1.82) is 5.26 Å². The number of hydrogen-bond acceptors (Lipinski definition) is 5. The van der Waals surface area contributed by atoms with Crippen LogP contribution in [0, 0.1) is 11.3 Å². The lowest BCUT2D eigenvalue weighted by atomic mass is 9.87. The van der Waals surface area contributed by atoms with Gasteiger partial charge in [0, 0.05) is 5.56 Å². The number of esters is 1. The molecule has 0 radical (unpaired) electrons. The molecular formula is C23H25NO4. The van der Waals surface area contributed by atoms with Crippen LogP contribution in [-0.2, 0) is 21.6 Å². The zero-order chi connectivity index (χ0) is 20.7. The van der Waals surface area contributed by atoms with Gasteiger partial charge in [0.2, 0.25) is 0 Å². The highest BCUT2D eigenvalue weighted by Gasteiger charge is 2.13. The van der Waals surface area contributed by atoms with Crippen molar-refractivity contribution in [2.75, 3.05) is 14.2 Å². The molecule has 0 unspecified atom stereocenters. The molecule has 0 aliphatic carbocycles. The maximum Gasteiger partial charge on any atom is 0.348 e. The van der Waals surface area contributed by atoms with Crippen LogP contribution in [0.25, 0.3) is 6.08 Å². The van der Waals surface area contributed by atoms with Crippen molar-refractivity contribution in [2.45, 2.75) is 32.8 Å². The Morgan fingerprint density at radius 1 is 1.11 bits per heavy atom. The van der Waals surface area contributed by atoms with Crippen LogP contribution in [0.2, 0.25) is 0 Å². The summed E-state index contributed by atoms with van der Waals surface area (Å²) < 4.78 is 15.9. The van der Waals surface area contributed by atoms with Gasteiger partial charge in [0.1, 0.15) is 29.7 Å². The third-order valence-electron chi connectivity index (χ3n) is 4.26. The molecule has 0 aliphatic heterocycles. The number of nitrogens with zero attached hydrogens (tertiary/aromatic N) is 1. The Morgan fingerprint density at radius 2 is 1.79 bits per heavy atom. The SMILES string of the molecule is COC(=O)C(C#N)=Cc1ccc(OC)c(COc2ccc(C(C)(C)C)cc2)c1. The van der Waals surface area contributed by atoms with E-state index in [4.69, 9.17) is 14.7 Å². The second-order valence-corrected chi connectivity index (χ2v) is 7.30. The molecular weight excluding hydrogens is 354 g/mol. The highest BCUT2D eigenvalue weighted by Crippen LogP contribution is 2.26. The smallest absolute Gasteiger partial charge is 0.348 e. The highest BCUT2D eigenvalue weighted by atomic mass is 16.5. The van der Waals surface area contributed by atoms with Gasteiger partial charge in [-0.1, -0.05) is 39.0 Å². The van der Waals surface area contributed by atoms with E-state index in [0.717, 1.165) is 11.3 Å². The van der Waals surface area contributed by atoms with Crippen molar-refractivity contribution in [3.8, 4) is 17.6 Å². The molecule has 0 fully saturated rings. The van der Waals surface area contributed by atoms with Crippen molar-refractivity contribution >= 4 is 12.0 Å². The molecule has 0 atom stereocenters. The zero-order valence-electron chi connectivity index (χ0n) is 16.9. The van der Waals surface area contributed by atoms with Gasteiger partial charge < -0.3 is 14.2 Å². The van der Waals surface area contributed by atoms with Crippen LogP contribution in [0.1, 0.15) is 37.5 Å². The Kier molecular flexibility index (Phi) is 6.84. The van der Waals surface area contributed by atoms with Crippen LogP contribution < -0.4 is 9.47 Å². The molecule has 5 heteroatoms. The average molecular weight is 379 g/mol. The van der Waals surface area contributed by atoms with Gasteiger partial charge >= 0.3 is 5.97 Å². The number of nitriles is 1. The lowest BCUT2D eigenvalue weighted by molar-refractivity contribution is -0.135. The Hall–Kier alpha value is -3.26. The van der Waals surface area contributed by atoms with Crippen LogP contribution in [-0.4, -0.2) is 20.2 Å².